The van der Waals surface area contributed by atoms with Crippen LogP contribution in [0, 0.1) is 5.41 Å². The summed E-state index contributed by atoms with van der Waals surface area (Å²) in [6, 6.07) is 9.52. The topological polar surface area (TPSA) is 75.6 Å². The summed E-state index contributed by atoms with van der Waals surface area (Å²) < 4.78 is 5.29. The highest BCUT2D eigenvalue weighted by molar-refractivity contribution is 5.92. The number of carboxylic acids is 1. The minimum atomic E-state index is -1.37. The van der Waals surface area contributed by atoms with Crippen LogP contribution in [0.2, 0.25) is 0 Å². The Labute approximate surface area is 143 Å². The molecule has 5 heteroatoms. The molecule has 0 heterocycles. The number of carbonyl (C=O) groups is 2. The van der Waals surface area contributed by atoms with E-state index in [0.29, 0.717) is 6.42 Å². The summed E-state index contributed by atoms with van der Waals surface area (Å²) in [4.78, 5) is 24.4. The first-order valence-corrected chi connectivity index (χ1v) is 8.16. The molecule has 0 spiro atoms. The Balaban J connectivity index is 2.44. The fraction of sp³-hybridized carbons (Fsp3) is 0.579. The minimum Gasteiger partial charge on any atom is -0.479 e. The van der Waals surface area contributed by atoms with E-state index in [9.17, 15) is 14.7 Å². The molecule has 1 aliphatic carbocycles. The van der Waals surface area contributed by atoms with Crippen molar-refractivity contribution in [3.8, 4) is 0 Å². The van der Waals surface area contributed by atoms with Gasteiger partial charge in [-0.15, -0.1) is 0 Å². The molecule has 1 aromatic rings. The highest BCUT2D eigenvalue weighted by atomic mass is 16.6. The van der Waals surface area contributed by atoms with Crippen LogP contribution in [0.25, 0.3) is 0 Å². The van der Waals surface area contributed by atoms with E-state index >= 15 is 0 Å². The van der Waals surface area contributed by atoms with E-state index in [1.807, 2.05) is 51.1 Å². The normalized spacial score (nSPS) is 26.6. The molecule has 24 heavy (non-hydrogen) atoms. The quantitative estimate of drug-likeness (QED) is 0.884. The van der Waals surface area contributed by atoms with Gasteiger partial charge in [0.05, 0.1) is 0 Å². The Kier molecular flexibility index (Phi) is 4.20. The van der Waals surface area contributed by atoms with Gasteiger partial charge in [-0.25, -0.2) is 9.59 Å². The first-order chi connectivity index (χ1) is 10.9. The molecule has 0 bridgehead atoms. The number of ether oxygens (including phenoxy) is 1. The third-order valence-electron chi connectivity index (χ3n) is 4.76. The number of carboxylic acid groups (broad SMARTS) is 1. The van der Waals surface area contributed by atoms with E-state index in [0.717, 1.165) is 5.56 Å². The van der Waals surface area contributed by atoms with Crippen molar-refractivity contribution in [3.05, 3.63) is 35.9 Å². The maximum atomic E-state index is 12.3. The van der Waals surface area contributed by atoms with Gasteiger partial charge in [0.25, 0.3) is 0 Å². The lowest BCUT2D eigenvalue weighted by Crippen LogP contribution is -2.53. The summed E-state index contributed by atoms with van der Waals surface area (Å²) in [5.41, 5.74) is -2.19. The average molecular weight is 333 g/mol. The Hall–Kier alpha value is -2.04. The van der Waals surface area contributed by atoms with Gasteiger partial charge in [-0.05, 0) is 38.2 Å². The van der Waals surface area contributed by atoms with E-state index in [-0.39, 0.29) is 5.41 Å². The van der Waals surface area contributed by atoms with Crippen LogP contribution in [-0.4, -0.2) is 28.3 Å². The zero-order chi connectivity index (χ0) is 18.4. The molecular weight excluding hydrogens is 306 g/mol. The minimum absolute atomic E-state index is 0.335. The van der Waals surface area contributed by atoms with Crippen molar-refractivity contribution in [3.63, 3.8) is 0 Å². The van der Waals surface area contributed by atoms with Crippen molar-refractivity contribution in [2.24, 2.45) is 5.41 Å². The van der Waals surface area contributed by atoms with Crippen molar-refractivity contribution >= 4 is 12.1 Å². The van der Waals surface area contributed by atoms with Crippen molar-refractivity contribution in [2.75, 3.05) is 0 Å². The third kappa shape index (κ3) is 2.87. The zero-order valence-electron chi connectivity index (χ0n) is 15.3. The van der Waals surface area contributed by atoms with Crippen molar-refractivity contribution in [1.82, 2.24) is 5.32 Å². The third-order valence-corrected chi connectivity index (χ3v) is 4.76. The number of hydrogen-bond acceptors (Lipinski definition) is 3. The van der Waals surface area contributed by atoms with Gasteiger partial charge in [0.1, 0.15) is 5.60 Å². The number of amides is 1. The molecule has 1 aliphatic rings. The summed E-state index contributed by atoms with van der Waals surface area (Å²) in [7, 11) is 0. The summed E-state index contributed by atoms with van der Waals surface area (Å²) in [5, 5.41) is 12.6. The number of aliphatic carboxylic acids is 1. The van der Waals surface area contributed by atoms with Crippen LogP contribution in [0.5, 0.6) is 0 Å². The average Bonchev–Trinajstić information content (AvgIpc) is 3.09. The summed E-state index contributed by atoms with van der Waals surface area (Å²) in [5.74, 6) is -1.04. The Morgan fingerprint density at radius 1 is 1.08 bits per heavy atom. The molecule has 1 saturated carbocycles. The molecule has 5 nitrogen and oxygen atoms in total. The van der Waals surface area contributed by atoms with Gasteiger partial charge in [0.2, 0.25) is 0 Å². The Bertz CT molecular complexity index is 642. The fourth-order valence-electron chi connectivity index (χ4n) is 3.70. The predicted molar refractivity (Wildman–Crippen MR) is 91.9 cm³/mol. The standard InChI is InChI=1S/C19H27NO4/c1-16(2,3)18(13-10-8-7-9-11-13)12-19(18,14(21)22)20-15(23)24-17(4,5)6/h7-11H,12H2,1-6H3,(H,20,23)(H,21,22). The number of benzene rings is 1. The van der Waals surface area contributed by atoms with Gasteiger partial charge in [0.15, 0.2) is 5.54 Å². The monoisotopic (exact) mass is 333 g/mol. The molecule has 132 valence electrons. The van der Waals surface area contributed by atoms with E-state index in [1.165, 1.54) is 0 Å². The number of hydrogen-bond donors (Lipinski definition) is 2. The molecular formula is C19H27NO4. The van der Waals surface area contributed by atoms with Crippen molar-refractivity contribution < 1.29 is 19.4 Å². The highest BCUT2D eigenvalue weighted by Crippen LogP contribution is 2.66. The largest absolute Gasteiger partial charge is 0.479 e. The maximum absolute atomic E-state index is 12.3. The number of alkyl carbamates (subject to hydrolysis) is 1. The molecule has 0 saturated heterocycles. The molecule has 0 aliphatic heterocycles. The van der Waals surface area contributed by atoms with Crippen LogP contribution >= 0.6 is 0 Å². The SMILES string of the molecule is CC(C)(C)OC(=O)NC1(C(=O)O)CC1(c1ccccc1)C(C)(C)C. The number of carbonyl (C=O) groups excluding carboxylic acids is 1. The molecule has 0 radical (unpaired) electrons. The van der Waals surface area contributed by atoms with Gasteiger partial charge < -0.3 is 15.2 Å². The second-order valence-electron chi connectivity index (χ2n) is 8.54. The predicted octanol–water partition coefficient (Wildman–Crippen LogP) is 3.72. The van der Waals surface area contributed by atoms with Gasteiger partial charge in [-0.3, -0.25) is 0 Å². The zero-order valence-corrected chi connectivity index (χ0v) is 15.3. The smallest absolute Gasteiger partial charge is 0.408 e. The van der Waals surface area contributed by atoms with Crippen LogP contribution in [0.4, 0.5) is 4.79 Å². The van der Waals surface area contributed by atoms with Crippen LogP contribution < -0.4 is 5.32 Å². The molecule has 2 rings (SSSR count). The fourth-order valence-corrected chi connectivity index (χ4v) is 3.70. The van der Waals surface area contributed by atoms with E-state index in [1.54, 1.807) is 20.8 Å². The van der Waals surface area contributed by atoms with Crippen LogP contribution in [0.15, 0.2) is 30.3 Å². The number of nitrogens with one attached hydrogen (secondary N) is 1. The first-order valence-electron chi connectivity index (χ1n) is 8.16. The van der Waals surface area contributed by atoms with Gasteiger partial charge in [-0.1, -0.05) is 51.1 Å². The maximum Gasteiger partial charge on any atom is 0.408 e. The van der Waals surface area contributed by atoms with E-state index in [4.69, 9.17) is 4.74 Å². The van der Waals surface area contributed by atoms with Gasteiger partial charge >= 0.3 is 12.1 Å². The summed E-state index contributed by atoms with van der Waals surface area (Å²) in [6.07, 6.45) is -0.366. The number of rotatable bonds is 3. The van der Waals surface area contributed by atoms with Gasteiger partial charge in [0, 0.05) is 5.41 Å². The van der Waals surface area contributed by atoms with Gasteiger partial charge in [-0.2, -0.15) is 0 Å². The molecule has 1 amide bonds. The highest BCUT2D eigenvalue weighted by Gasteiger charge is 2.78. The lowest BCUT2D eigenvalue weighted by atomic mass is 9.70. The van der Waals surface area contributed by atoms with E-state index < -0.39 is 28.6 Å². The molecule has 2 unspecified atom stereocenters. The summed E-state index contributed by atoms with van der Waals surface area (Å²) >= 11 is 0. The lowest BCUT2D eigenvalue weighted by Gasteiger charge is -2.36. The summed E-state index contributed by atoms with van der Waals surface area (Å²) in [6.45, 7) is 11.3. The van der Waals surface area contributed by atoms with Crippen LogP contribution in [0.3, 0.4) is 0 Å². The second kappa shape index (κ2) is 5.50. The molecule has 2 N–H and O–H groups in total. The van der Waals surface area contributed by atoms with E-state index in [2.05, 4.69) is 5.32 Å². The molecule has 0 aromatic heterocycles. The first kappa shape index (κ1) is 18.3. The lowest BCUT2D eigenvalue weighted by molar-refractivity contribution is -0.142. The van der Waals surface area contributed by atoms with Crippen molar-refractivity contribution in [1.29, 1.82) is 0 Å². The van der Waals surface area contributed by atoms with Crippen LogP contribution in [0.1, 0.15) is 53.5 Å². The molecule has 1 fully saturated rings. The Morgan fingerprint density at radius 3 is 2.04 bits per heavy atom. The molecule has 2 atom stereocenters. The molecule has 1 aromatic carbocycles. The Morgan fingerprint density at radius 2 is 1.62 bits per heavy atom. The van der Waals surface area contributed by atoms with Crippen molar-refractivity contribution in [2.45, 2.75) is 64.5 Å². The van der Waals surface area contributed by atoms with Crippen LogP contribution in [-0.2, 0) is 14.9 Å². The second-order valence-corrected chi connectivity index (χ2v) is 8.54.